The highest BCUT2D eigenvalue weighted by Crippen LogP contribution is 2.27. The van der Waals surface area contributed by atoms with Gasteiger partial charge < -0.3 is 25.8 Å². The van der Waals surface area contributed by atoms with Crippen molar-refractivity contribution in [2.75, 3.05) is 44.5 Å². The van der Waals surface area contributed by atoms with Gasteiger partial charge in [-0.15, -0.1) is 0 Å². The van der Waals surface area contributed by atoms with Gasteiger partial charge in [-0.05, 0) is 6.92 Å². The number of amides is 1. The fourth-order valence-corrected chi connectivity index (χ4v) is 2.29. The molecule has 1 atom stereocenters. The summed E-state index contributed by atoms with van der Waals surface area (Å²) in [4.78, 5) is 18.4. The summed E-state index contributed by atoms with van der Waals surface area (Å²) in [5.41, 5.74) is 5.74. The summed E-state index contributed by atoms with van der Waals surface area (Å²) in [5.74, 6) is -0.145. The van der Waals surface area contributed by atoms with Gasteiger partial charge in [0.25, 0.3) is 5.91 Å². The molecule has 0 radical (unpaired) electrons. The van der Waals surface area contributed by atoms with Gasteiger partial charge in [-0.3, -0.25) is 4.79 Å². The predicted molar refractivity (Wildman–Crippen MR) is 75.7 cm³/mol. The average Bonchev–Trinajstić information content (AvgIpc) is 2.79. The average molecular weight is 288 g/mol. The number of aliphatic hydroxyl groups excluding tert-OH is 1. The van der Waals surface area contributed by atoms with E-state index in [2.05, 4.69) is 10.3 Å². The molecule has 0 aliphatic carbocycles. The van der Waals surface area contributed by atoms with Gasteiger partial charge in [0.05, 0.1) is 19.3 Å². The highest BCUT2D eigenvalue weighted by Gasteiger charge is 2.20. The number of nitrogens with zero attached hydrogens (tertiary/aromatic N) is 2. The van der Waals surface area contributed by atoms with Gasteiger partial charge in [0.15, 0.2) is 5.13 Å². The smallest absolute Gasteiger partial charge is 0.265 e. The van der Waals surface area contributed by atoms with Crippen molar-refractivity contribution in [3.63, 3.8) is 0 Å². The van der Waals surface area contributed by atoms with Crippen molar-refractivity contribution in [3.8, 4) is 0 Å². The number of nitrogens with two attached hydrogens (primary N) is 1. The number of methoxy groups -OCH3 is 1. The Labute approximate surface area is 116 Å². The van der Waals surface area contributed by atoms with Crippen molar-refractivity contribution in [2.45, 2.75) is 13.0 Å². The van der Waals surface area contributed by atoms with E-state index in [4.69, 9.17) is 15.6 Å². The van der Waals surface area contributed by atoms with E-state index in [1.807, 2.05) is 18.9 Å². The zero-order valence-electron chi connectivity index (χ0n) is 11.3. The van der Waals surface area contributed by atoms with Gasteiger partial charge in [-0.2, -0.15) is 0 Å². The summed E-state index contributed by atoms with van der Waals surface area (Å²) in [7, 11) is 3.38. The Bertz CT molecular complexity index is 424. The van der Waals surface area contributed by atoms with Gasteiger partial charge in [0, 0.05) is 20.7 Å². The molecule has 0 bridgehead atoms. The Morgan fingerprint density at radius 2 is 2.37 bits per heavy atom. The third-order valence-electron chi connectivity index (χ3n) is 2.57. The molecule has 8 heteroatoms. The molecule has 1 rings (SSSR count). The van der Waals surface area contributed by atoms with Gasteiger partial charge >= 0.3 is 0 Å². The number of nitrogens with one attached hydrogen (secondary N) is 1. The number of rotatable bonds is 7. The van der Waals surface area contributed by atoms with E-state index in [0.29, 0.717) is 10.0 Å². The zero-order chi connectivity index (χ0) is 14.4. The van der Waals surface area contributed by atoms with E-state index >= 15 is 0 Å². The maximum Gasteiger partial charge on any atom is 0.265 e. The molecule has 1 aromatic rings. The van der Waals surface area contributed by atoms with Gasteiger partial charge in [0.2, 0.25) is 0 Å². The Hall–Kier alpha value is -1.38. The van der Waals surface area contributed by atoms with Crippen LogP contribution in [-0.2, 0) is 4.74 Å². The number of anilines is 2. The lowest BCUT2D eigenvalue weighted by atomic mass is 10.3. The first-order valence-electron chi connectivity index (χ1n) is 5.91. The van der Waals surface area contributed by atoms with Crippen molar-refractivity contribution in [1.29, 1.82) is 0 Å². The maximum atomic E-state index is 12.0. The summed E-state index contributed by atoms with van der Waals surface area (Å²) >= 11 is 1.23. The second kappa shape index (κ2) is 7.27. The SMILES string of the molecule is CCN(C)c1nc(N)c(C(=O)NC(CO)COC)s1. The number of carbonyl (C=O) groups excluding carboxylic acids is 1. The number of aromatic nitrogens is 1. The van der Waals surface area contributed by atoms with Crippen molar-refractivity contribution in [3.05, 3.63) is 4.88 Å². The fraction of sp³-hybridized carbons (Fsp3) is 0.636. The topological polar surface area (TPSA) is 101 Å². The van der Waals surface area contributed by atoms with E-state index < -0.39 is 6.04 Å². The summed E-state index contributed by atoms with van der Waals surface area (Å²) in [6.45, 7) is 2.80. The predicted octanol–water partition coefficient (Wildman–Crippen LogP) is -0.0815. The monoisotopic (exact) mass is 288 g/mol. The number of hydrogen-bond acceptors (Lipinski definition) is 7. The summed E-state index contributed by atoms with van der Waals surface area (Å²) in [5, 5.41) is 12.5. The highest BCUT2D eigenvalue weighted by molar-refractivity contribution is 7.18. The molecule has 0 spiro atoms. The van der Waals surface area contributed by atoms with Crippen molar-refractivity contribution in [2.24, 2.45) is 0 Å². The van der Waals surface area contributed by atoms with Crippen LogP contribution in [0, 0.1) is 0 Å². The van der Waals surface area contributed by atoms with Crippen molar-refractivity contribution >= 4 is 28.2 Å². The van der Waals surface area contributed by atoms with Crippen LogP contribution < -0.4 is 16.0 Å². The number of thiazole rings is 1. The van der Waals surface area contributed by atoms with Crippen LogP contribution in [0.25, 0.3) is 0 Å². The Kier molecular flexibility index (Phi) is 6.00. The maximum absolute atomic E-state index is 12.0. The van der Waals surface area contributed by atoms with Crippen LogP contribution >= 0.6 is 11.3 Å². The first kappa shape index (κ1) is 15.7. The van der Waals surface area contributed by atoms with Crippen LogP contribution in [0.5, 0.6) is 0 Å². The number of aliphatic hydroxyl groups is 1. The molecule has 0 saturated carbocycles. The molecular weight excluding hydrogens is 268 g/mol. The van der Waals surface area contributed by atoms with Gasteiger partial charge in [-0.1, -0.05) is 11.3 Å². The van der Waals surface area contributed by atoms with Crippen LogP contribution in [0.2, 0.25) is 0 Å². The molecule has 4 N–H and O–H groups in total. The standard InChI is InChI=1S/C11H20N4O3S/c1-4-15(2)11-14-9(12)8(19-11)10(17)13-7(5-16)6-18-3/h7,16H,4-6,12H2,1-3H3,(H,13,17). The van der Waals surface area contributed by atoms with Gasteiger partial charge in [-0.25, -0.2) is 4.98 Å². The Morgan fingerprint density at radius 3 is 2.89 bits per heavy atom. The first-order chi connectivity index (χ1) is 9.03. The van der Waals surface area contributed by atoms with E-state index in [1.165, 1.54) is 18.4 Å². The second-order valence-corrected chi connectivity index (χ2v) is 5.01. The quantitative estimate of drug-likeness (QED) is 0.649. The number of nitrogen functional groups attached to an aromatic ring is 1. The largest absolute Gasteiger partial charge is 0.394 e. The third kappa shape index (κ3) is 4.05. The number of carbonyl (C=O) groups is 1. The Balaban J connectivity index is 2.79. The molecule has 1 aromatic heterocycles. The molecule has 1 amide bonds. The van der Waals surface area contributed by atoms with Crippen molar-refractivity contribution < 1.29 is 14.6 Å². The van der Waals surface area contributed by atoms with Crippen LogP contribution in [-0.4, -0.2) is 56.0 Å². The molecule has 0 fully saturated rings. The fourth-order valence-electron chi connectivity index (χ4n) is 1.37. The molecule has 1 heterocycles. The lowest BCUT2D eigenvalue weighted by molar-refractivity contribution is 0.0844. The molecule has 108 valence electrons. The minimum Gasteiger partial charge on any atom is -0.394 e. The Morgan fingerprint density at radius 1 is 1.68 bits per heavy atom. The number of ether oxygens (including phenoxy) is 1. The van der Waals surface area contributed by atoms with E-state index in [-0.39, 0.29) is 24.9 Å². The lowest BCUT2D eigenvalue weighted by Gasteiger charge is -2.14. The molecule has 0 aliphatic rings. The lowest BCUT2D eigenvalue weighted by Crippen LogP contribution is -2.40. The second-order valence-electron chi connectivity index (χ2n) is 4.03. The van der Waals surface area contributed by atoms with E-state index in [1.54, 1.807) is 0 Å². The molecule has 0 aromatic carbocycles. The summed E-state index contributed by atoms with van der Waals surface area (Å²) in [6, 6.07) is -0.452. The van der Waals surface area contributed by atoms with Crippen LogP contribution in [0.1, 0.15) is 16.6 Å². The van der Waals surface area contributed by atoms with Gasteiger partial charge in [0.1, 0.15) is 10.7 Å². The molecular formula is C11H20N4O3S. The zero-order valence-corrected chi connectivity index (χ0v) is 12.2. The van der Waals surface area contributed by atoms with Crippen LogP contribution in [0.4, 0.5) is 10.9 Å². The minimum atomic E-state index is -0.452. The molecule has 1 unspecified atom stereocenters. The number of hydrogen-bond donors (Lipinski definition) is 3. The normalized spacial score (nSPS) is 12.2. The summed E-state index contributed by atoms with van der Waals surface area (Å²) in [6.07, 6.45) is 0. The first-order valence-corrected chi connectivity index (χ1v) is 6.73. The minimum absolute atomic E-state index is 0.194. The van der Waals surface area contributed by atoms with Crippen LogP contribution in [0.3, 0.4) is 0 Å². The van der Waals surface area contributed by atoms with Crippen LogP contribution in [0.15, 0.2) is 0 Å². The van der Waals surface area contributed by atoms with E-state index in [9.17, 15) is 4.79 Å². The highest BCUT2D eigenvalue weighted by atomic mass is 32.1. The molecule has 19 heavy (non-hydrogen) atoms. The van der Waals surface area contributed by atoms with Crippen molar-refractivity contribution in [1.82, 2.24) is 10.3 Å². The van der Waals surface area contributed by atoms with E-state index in [0.717, 1.165) is 6.54 Å². The molecule has 7 nitrogen and oxygen atoms in total. The third-order valence-corrected chi connectivity index (χ3v) is 3.76. The summed E-state index contributed by atoms with van der Waals surface area (Å²) < 4.78 is 4.90. The molecule has 0 aliphatic heterocycles. The molecule has 0 saturated heterocycles.